The monoisotopic (exact) mass is 928 g/mol. The average molecular weight is 929 g/mol. The number of carbonyl (C=O) groups is 1. The van der Waals surface area contributed by atoms with Crippen LogP contribution < -0.4 is 17.2 Å². The lowest BCUT2D eigenvalue weighted by Crippen LogP contribution is -2.53. The van der Waals surface area contributed by atoms with E-state index in [9.17, 15) is 4.79 Å². The Morgan fingerprint density at radius 2 is 1.46 bits per heavy atom. The van der Waals surface area contributed by atoms with Gasteiger partial charge in [-0.05, 0) is 197 Å². The van der Waals surface area contributed by atoms with Gasteiger partial charge < -0.3 is 21.9 Å². The number of rotatable bonds is 12. The molecule has 0 amide bonds. The fourth-order valence-electron chi connectivity index (χ4n) is 15.0. The van der Waals surface area contributed by atoms with Crippen molar-refractivity contribution in [3.8, 4) is 0 Å². The van der Waals surface area contributed by atoms with Crippen molar-refractivity contribution in [3.05, 3.63) is 59.5 Å². The van der Waals surface area contributed by atoms with Gasteiger partial charge in [-0.25, -0.2) is 0 Å². The first kappa shape index (κ1) is 58.6. The Morgan fingerprint density at radius 1 is 0.821 bits per heavy atom. The molecular formula is C62H109N3O2. The number of hydrogen-bond acceptors (Lipinski definition) is 5. The molecule has 0 radical (unpaired) electrons. The Bertz CT molecular complexity index is 1690. The van der Waals surface area contributed by atoms with E-state index in [1.165, 1.54) is 83.5 Å². The molecule has 5 heteroatoms. The van der Waals surface area contributed by atoms with E-state index in [0.29, 0.717) is 45.6 Å². The maximum atomic E-state index is 10.2. The van der Waals surface area contributed by atoms with E-state index in [1.54, 1.807) is 63.1 Å². The van der Waals surface area contributed by atoms with E-state index in [4.69, 9.17) is 21.9 Å². The van der Waals surface area contributed by atoms with Crippen LogP contribution in [0.1, 0.15) is 242 Å². The topological polar surface area (TPSA) is 104 Å². The van der Waals surface area contributed by atoms with Crippen LogP contribution in [-0.4, -0.2) is 12.4 Å². The van der Waals surface area contributed by atoms with Crippen LogP contribution in [0.5, 0.6) is 0 Å². The molecule has 67 heavy (non-hydrogen) atoms. The second kappa shape index (κ2) is 27.6. The first-order valence-electron chi connectivity index (χ1n) is 28.4. The second-order valence-electron chi connectivity index (χ2n) is 23.9. The number of nitrogens with two attached hydrogens (primary N) is 3. The third kappa shape index (κ3) is 15.2. The van der Waals surface area contributed by atoms with E-state index in [0.717, 1.165) is 82.6 Å². The first-order valence-corrected chi connectivity index (χ1v) is 28.4. The third-order valence-electron chi connectivity index (χ3n) is 19.1. The molecule has 0 bridgehead atoms. The largest absolute Gasteiger partial charge is 0.488 e. The molecule has 1 aromatic rings. The smallest absolute Gasteiger partial charge is 0.152 e. The zero-order valence-electron chi connectivity index (χ0n) is 46.4. The molecule has 5 nitrogen and oxygen atoms in total. The Kier molecular flexibility index (Phi) is 24.2. The predicted octanol–water partition coefficient (Wildman–Crippen LogP) is 18.0. The molecule has 0 heterocycles. The second-order valence-corrected chi connectivity index (χ2v) is 23.9. The Hall–Kier alpha value is -2.69. The standard InChI is InChI=1S/C28H50.C21H35NO.C7H8N2O.C4H10.C2H6/c1-19(2)8-7-9-21(4)24-12-13-25-23-11-10-22-18-20(3)14-16-27(22,5)26(23)15-17-28(24,25)6;1-6-16-9-8-10-17-14-18(11-12-21(16,17)5)23-20(13-15(3)4)19(22)7-2;8-6-2-1-5(4-10)7(9)3-6;1-3-4-2;1-2/h19-26H,7-18H2,1-6H3;7,13,16-18H,3,6,8-12,14,22H2,1-2,4-5H3;1-4H,8-9H2;3-4H2,1-2H3;1-2H3/b;19-7+,20-13+;;;. The van der Waals surface area contributed by atoms with Crippen molar-refractivity contribution in [1.29, 1.82) is 0 Å². The SMILES string of the molecule is C=C(C)/C=C(OC1CCC2(C)C(CC)CCCC2C1)\C(N)=C/C.CC.CC(C)CCCC(C)C1CCC2C3CCC4CC(C)CCC4(C)C3CCC12C.CCCC.Nc1ccc(C=O)c(N)c1. The molecule has 6 aliphatic rings. The minimum atomic E-state index is 0.299. The van der Waals surface area contributed by atoms with Gasteiger partial charge in [0.05, 0.1) is 11.8 Å². The zero-order valence-corrected chi connectivity index (χ0v) is 46.4. The van der Waals surface area contributed by atoms with Crippen molar-refractivity contribution >= 4 is 17.7 Å². The van der Waals surface area contributed by atoms with E-state index in [2.05, 4.69) is 75.8 Å². The number of nitrogen functional groups attached to an aromatic ring is 2. The zero-order chi connectivity index (χ0) is 50.1. The van der Waals surface area contributed by atoms with Crippen LogP contribution >= 0.6 is 0 Å². The van der Waals surface area contributed by atoms with Gasteiger partial charge in [-0.1, -0.05) is 153 Å². The highest BCUT2D eigenvalue weighted by Crippen LogP contribution is 2.68. The number of ether oxygens (including phenoxy) is 1. The molecule has 384 valence electrons. The quantitative estimate of drug-likeness (QED) is 0.0838. The normalized spacial score (nSPS) is 34.8. The van der Waals surface area contributed by atoms with Gasteiger partial charge in [0, 0.05) is 16.9 Å². The van der Waals surface area contributed by atoms with Gasteiger partial charge in [0.25, 0.3) is 0 Å². The fraction of sp³-hybridized carbons (Fsp3) is 0.790. The van der Waals surface area contributed by atoms with Crippen LogP contribution in [0.15, 0.2) is 54.0 Å². The van der Waals surface area contributed by atoms with Gasteiger partial charge in [-0.2, -0.15) is 0 Å². The summed E-state index contributed by atoms with van der Waals surface area (Å²) in [6.45, 7) is 36.6. The maximum Gasteiger partial charge on any atom is 0.152 e. The summed E-state index contributed by atoms with van der Waals surface area (Å²) in [5.41, 5.74) is 22.0. The summed E-state index contributed by atoms with van der Waals surface area (Å²) in [6, 6.07) is 4.79. The minimum absolute atomic E-state index is 0.299. The Balaban J connectivity index is 0.000000272. The summed E-state index contributed by atoms with van der Waals surface area (Å²) in [7, 11) is 0. The number of benzene rings is 1. The summed E-state index contributed by atoms with van der Waals surface area (Å²) in [5.74, 6) is 10.6. The lowest BCUT2D eigenvalue weighted by atomic mass is 9.44. The number of fused-ring (bicyclic) bond motifs is 6. The van der Waals surface area contributed by atoms with Gasteiger partial charge in [0.1, 0.15) is 5.76 Å². The lowest BCUT2D eigenvalue weighted by molar-refractivity contribution is -0.120. The molecule has 0 spiro atoms. The van der Waals surface area contributed by atoms with Crippen molar-refractivity contribution in [1.82, 2.24) is 0 Å². The van der Waals surface area contributed by atoms with Crippen molar-refractivity contribution in [2.24, 2.45) is 81.2 Å². The van der Waals surface area contributed by atoms with Crippen LogP contribution in [-0.2, 0) is 4.74 Å². The highest BCUT2D eigenvalue weighted by molar-refractivity contribution is 5.84. The maximum absolute atomic E-state index is 10.2. The van der Waals surface area contributed by atoms with Crippen molar-refractivity contribution < 1.29 is 9.53 Å². The van der Waals surface area contributed by atoms with Crippen LogP contribution in [0, 0.1) is 75.4 Å². The predicted molar refractivity (Wildman–Crippen MR) is 294 cm³/mol. The summed E-state index contributed by atoms with van der Waals surface area (Å²) in [6.07, 6.45) is 35.0. The number of aldehydes is 1. The molecule has 0 aliphatic heterocycles. The van der Waals surface area contributed by atoms with Gasteiger partial charge in [-0.15, -0.1) is 0 Å². The molecule has 6 aliphatic carbocycles. The summed E-state index contributed by atoms with van der Waals surface area (Å²) < 4.78 is 6.32. The van der Waals surface area contributed by atoms with E-state index < -0.39 is 0 Å². The molecule has 7 rings (SSSR count). The van der Waals surface area contributed by atoms with Crippen LogP contribution in [0.3, 0.4) is 0 Å². The summed E-state index contributed by atoms with van der Waals surface area (Å²) >= 11 is 0. The lowest BCUT2D eigenvalue weighted by Gasteiger charge is -2.61. The number of unbranched alkanes of at least 4 members (excludes halogenated alkanes) is 1. The van der Waals surface area contributed by atoms with Gasteiger partial charge in [0.15, 0.2) is 6.29 Å². The molecular weight excluding hydrogens is 819 g/mol. The van der Waals surface area contributed by atoms with E-state index in [-0.39, 0.29) is 0 Å². The number of anilines is 2. The van der Waals surface area contributed by atoms with Gasteiger partial charge in [-0.3, -0.25) is 4.79 Å². The number of hydrogen-bond donors (Lipinski definition) is 3. The molecule has 6 saturated carbocycles. The molecule has 0 aromatic heterocycles. The molecule has 6 fully saturated rings. The van der Waals surface area contributed by atoms with E-state index >= 15 is 0 Å². The highest BCUT2D eigenvalue weighted by atomic mass is 16.5. The third-order valence-corrected chi connectivity index (χ3v) is 19.1. The Labute approximate surface area is 415 Å². The van der Waals surface area contributed by atoms with Crippen LogP contribution in [0.25, 0.3) is 0 Å². The molecule has 13 unspecified atom stereocenters. The average Bonchev–Trinajstić information content (AvgIpc) is 3.67. The Morgan fingerprint density at radius 3 is 2.06 bits per heavy atom. The molecule has 6 N–H and O–H groups in total. The fourth-order valence-corrected chi connectivity index (χ4v) is 15.0. The number of carbonyl (C=O) groups excluding carboxylic acids is 1. The number of allylic oxidation sites excluding steroid dienone is 3. The van der Waals surface area contributed by atoms with E-state index in [1.807, 2.05) is 39.8 Å². The highest BCUT2D eigenvalue weighted by Gasteiger charge is 2.60. The summed E-state index contributed by atoms with van der Waals surface area (Å²) in [4.78, 5) is 10.2. The van der Waals surface area contributed by atoms with Crippen molar-refractivity contribution in [3.63, 3.8) is 0 Å². The molecule has 13 atom stereocenters. The molecule has 1 aromatic carbocycles. The van der Waals surface area contributed by atoms with Crippen molar-refractivity contribution in [2.75, 3.05) is 11.5 Å². The van der Waals surface area contributed by atoms with Gasteiger partial charge in [0.2, 0.25) is 0 Å². The van der Waals surface area contributed by atoms with Gasteiger partial charge >= 0.3 is 0 Å². The summed E-state index contributed by atoms with van der Waals surface area (Å²) in [5, 5.41) is 0. The first-order chi connectivity index (χ1) is 31.8. The van der Waals surface area contributed by atoms with Crippen LogP contribution in [0.2, 0.25) is 0 Å². The molecule has 0 saturated heterocycles. The minimum Gasteiger partial charge on any atom is -0.488 e. The van der Waals surface area contributed by atoms with Crippen LogP contribution in [0.4, 0.5) is 11.4 Å². The van der Waals surface area contributed by atoms with Crippen molar-refractivity contribution in [2.45, 2.75) is 238 Å².